The van der Waals surface area contributed by atoms with E-state index in [0.717, 1.165) is 11.5 Å². The van der Waals surface area contributed by atoms with Gasteiger partial charge in [0.15, 0.2) is 0 Å². The van der Waals surface area contributed by atoms with E-state index in [1.165, 1.54) is 36.0 Å². The van der Waals surface area contributed by atoms with Crippen LogP contribution in [0.1, 0.15) is 0 Å². The maximum atomic E-state index is 12.7. The molecule has 5 nitrogen and oxygen atoms in total. The number of hydrogen-bond donors (Lipinski definition) is 2. The Morgan fingerprint density at radius 1 is 1.33 bits per heavy atom. The standard InChI is InChI=1S/C10H9FN4OS2/c1-17-10-14-9(18-15-10)13-8(16)12-7-4-2-6(11)3-5-7/h2-5H,1H3,(H2,12,13,14,15,16). The highest BCUT2D eigenvalue weighted by atomic mass is 32.2. The van der Waals surface area contributed by atoms with E-state index < -0.39 is 6.03 Å². The SMILES string of the molecule is CSc1nsc(NC(=O)Nc2ccc(F)cc2)n1. The maximum Gasteiger partial charge on any atom is 0.325 e. The summed E-state index contributed by atoms with van der Waals surface area (Å²) in [5, 5.41) is 6.13. The molecular formula is C10H9FN4OS2. The first-order chi connectivity index (χ1) is 8.67. The molecule has 1 aromatic heterocycles. The van der Waals surface area contributed by atoms with Gasteiger partial charge in [0.25, 0.3) is 0 Å². The fourth-order valence-corrected chi connectivity index (χ4v) is 2.26. The Morgan fingerprint density at radius 2 is 2.06 bits per heavy atom. The van der Waals surface area contributed by atoms with Gasteiger partial charge in [0.1, 0.15) is 5.82 Å². The van der Waals surface area contributed by atoms with Crippen molar-refractivity contribution >= 4 is 40.1 Å². The summed E-state index contributed by atoms with van der Waals surface area (Å²) in [5.41, 5.74) is 0.503. The van der Waals surface area contributed by atoms with Crippen LogP contribution in [0.5, 0.6) is 0 Å². The van der Waals surface area contributed by atoms with Crippen LogP contribution < -0.4 is 10.6 Å². The zero-order valence-electron chi connectivity index (χ0n) is 9.31. The predicted octanol–water partition coefficient (Wildman–Crippen LogP) is 3.04. The van der Waals surface area contributed by atoms with Crippen LogP contribution >= 0.6 is 23.3 Å². The molecule has 0 saturated carbocycles. The van der Waals surface area contributed by atoms with Crippen molar-refractivity contribution in [2.24, 2.45) is 0 Å². The van der Waals surface area contributed by atoms with Gasteiger partial charge in [-0.2, -0.15) is 9.36 Å². The summed E-state index contributed by atoms with van der Waals surface area (Å²) in [5.74, 6) is -0.352. The van der Waals surface area contributed by atoms with E-state index in [0.29, 0.717) is 16.0 Å². The molecule has 2 N–H and O–H groups in total. The van der Waals surface area contributed by atoms with Crippen molar-refractivity contribution in [3.8, 4) is 0 Å². The molecule has 2 amide bonds. The second kappa shape index (κ2) is 5.78. The number of benzene rings is 1. The van der Waals surface area contributed by atoms with Crippen molar-refractivity contribution in [1.29, 1.82) is 0 Å². The summed E-state index contributed by atoms with van der Waals surface area (Å²) in [6, 6.07) is 5.05. The lowest BCUT2D eigenvalue weighted by Gasteiger charge is -2.04. The van der Waals surface area contributed by atoms with Crippen molar-refractivity contribution < 1.29 is 9.18 Å². The number of thioether (sulfide) groups is 1. The Morgan fingerprint density at radius 3 is 2.67 bits per heavy atom. The molecule has 0 bridgehead atoms. The molecule has 0 aliphatic rings. The number of aromatic nitrogens is 2. The minimum absolute atomic E-state index is 0.352. The van der Waals surface area contributed by atoms with Crippen LogP contribution in [0, 0.1) is 5.82 Å². The fraction of sp³-hybridized carbons (Fsp3) is 0.100. The first-order valence-corrected chi connectivity index (χ1v) is 6.88. The fourth-order valence-electron chi connectivity index (χ4n) is 1.14. The highest BCUT2D eigenvalue weighted by Gasteiger charge is 2.07. The highest BCUT2D eigenvalue weighted by molar-refractivity contribution is 7.98. The van der Waals surface area contributed by atoms with Crippen LogP contribution in [0.3, 0.4) is 0 Å². The zero-order valence-corrected chi connectivity index (χ0v) is 10.9. The lowest BCUT2D eigenvalue weighted by molar-refractivity contribution is 0.262. The van der Waals surface area contributed by atoms with E-state index in [9.17, 15) is 9.18 Å². The molecule has 0 spiro atoms. The van der Waals surface area contributed by atoms with E-state index in [2.05, 4.69) is 20.0 Å². The number of halogens is 1. The third kappa shape index (κ3) is 3.41. The highest BCUT2D eigenvalue weighted by Crippen LogP contribution is 2.17. The summed E-state index contributed by atoms with van der Waals surface area (Å²) in [6.45, 7) is 0. The van der Waals surface area contributed by atoms with E-state index in [1.807, 2.05) is 6.26 Å². The number of hydrogen-bond acceptors (Lipinski definition) is 5. The Hall–Kier alpha value is -1.67. The van der Waals surface area contributed by atoms with Crippen molar-refractivity contribution in [3.05, 3.63) is 30.1 Å². The Balaban J connectivity index is 1.94. The average molecular weight is 284 g/mol. The van der Waals surface area contributed by atoms with Gasteiger partial charge in [-0.25, -0.2) is 9.18 Å². The first-order valence-electron chi connectivity index (χ1n) is 4.88. The molecule has 0 fully saturated rings. The molecule has 94 valence electrons. The molecule has 0 radical (unpaired) electrons. The quantitative estimate of drug-likeness (QED) is 0.850. The van der Waals surface area contributed by atoms with E-state index in [4.69, 9.17) is 0 Å². The van der Waals surface area contributed by atoms with Gasteiger partial charge in [0.05, 0.1) is 0 Å². The van der Waals surface area contributed by atoms with Gasteiger partial charge in [0, 0.05) is 17.2 Å². The molecule has 0 saturated heterocycles. The molecule has 1 aromatic carbocycles. The minimum atomic E-state index is -0.439. The van der Waals surface area contributed by atoms with Gasteiger partial charge in [-0.15, -0.1) is 0 Å². The summed E-state index contributed by atoms with van der Waals surface area (Å²) in [4.78, 5) is 15.6. The monoisotopic (exact) mass is 284 g/mol. The van der Waals surface area contributed by atoms with Crippen LogP contribution in [0.15, 0.2) is 29.4 Å². The van der Waals surface area contributed by atoms with Gasteiger partial charge >= 0.3 is 6.03 Å². The summed E-state index contributed by atoms with van der Waals surface area (Å²) >= 11 is 2.50. The molecule has 2 aromatic rings. The number of amides is 2. The molecule has 2 rings (SSSR count). The van der Waals surface area contributed by atoms with E-state index >= 15 is 0 Å². The molecule has 18 heavy (non-hydrogen) atoms. The topological polar surface area (TPSA) is 66.9 Å². The summed E-state index contributed by atoms with van der Waals surface area (Å²) in [6.07, 6.45) is 1.85. The van der Waals surface area contributed by atoms with Crippen molar-refractivity contribution in [2.45, 2.75) is 5.16 Å². The number of carbonyl (C=O) groups excluding carboxylic acids is 1. The normalized spacial score (nSPS) is 10.1. The van der Waals surface area contributed by atoms with Crippen LogP contribution in [0.2, 0.25) is 0 Å². The minimum Gasteiger partial charge on any atom is -0.308 e. The second-order valence-corrected chi connectivity index (χ2v) is 4.70. The Kier molecular flexibility index (Phi) is 4.11. The van der Waals surface area contributed by atoms with E-state index in [-0.39, 0.29) is 5.82 Å². The molecule has 8 heteroatoms. The van der Waals surface area contributed by atoms with Gasteiger partial charge < -0.3 is 5.32 Å². The third-order valence-corrected chi connectivity index (χ3v) is 3.21. The summed E-state index contributed by atoms with van der Waals surface area (Å²) in [7, 11) is 0. The molecule has 0 aliphatic carbocycles. The molecule has 0 aliphatic heterocycles. The largest absolute Gasteiger partial charge is 0.325 e. The Bertz CT molecular complexity index is 543. The predicted molar refractivity (Wildman–Crippen MR) is 70.7 cm³/mol. The van der Waals surface area contributed by atoms with Gasteiger partial charge in [0.2, 0.25) is 10.3 Å². The van der Waals surface area contributed by atoms with Crippen molar-refractivity contribution in [3.63, 3.8) is 0 Å². The van der Waals surface area contributed by atoms with Gasteiger partial charge in [-0.05, 0) is 30.5 Å². The molecular weight excluding hydrogens is 275 g/mol. The first kappa shape index (κ1) is 12.8. The smallest absolute Gasteiger partial charge is 0.308 e. The van der Waals surface area contributed by atoms with Crippen LogP contribution in [0.25, 0.3) is 0 Å². The number of rotatable bonds is 3. The van der Waals surface area contributed by atoms with E-state index in [1.54, 1.807) is 0 Å². The number of urea groups is 1. The van der Waals surface area contributed by atoms with Gasteiger partial charge in [-0.1, -0.05) is 11.8 Å². The lowest BCUT2D eigenvalue weighted by atomic mass is 10.3. The van der Waals surface area contributed by atoms with Crippen LogP contribution in [0.4, 0.5) is 20.0 Å². The maximum absolute atomic E-state index is 12.7. The molecule has 0 unspecified atom stereocenters. The van der Waals surface area contributed by atoms with Crippen LogP contribution in [-0.2, 0) is 0 Å². The summed E-state index contributed by atoms with van der Waals surface area (Å²) < 4.78 is 16.7. The number of carbonyl (C=O) groups is 1. The Labute approximate surface area is 111 Å². The number of nitrogens with zero attached hydrogens (tertiary/aromatic N) is 2. The van der Waals surface area contributed by atoms with Crippen LogP contribution in [-0.4, -0.2) is 21.6 Å². The zero-order chi connectivity index (χ0) is 13.0. The molecule has 1 heterocycles. The second-order valence-electron chi connectivity index (χ2n) is 3.17. The van der Waals surface area contributed by atoms with Crippen molar-refractivity contribution in [1.82, 2.24) is 9.36 Å². The number of nitrogens with one attached hydrogen (secondary N) is 2. The van der Waals surface area contributed by atoms with Crippen molar-refractivity contribution in [2.75, 3.05) is 16.9 Å². The molecule has 0 atom stereocenters. The third-order valence-electron chi connectivity index (χ3n) is 1.91. The lowest BCUT2D eigenvalue weighted by Crippen LogP contribution is -2.19. The number of anilines is 2. The van der Waals surface area contributed by atoms with Gasteiger partial charge in [-0.3, -0.25) is 5.32 Å². The average Bonchev–Trinajstić information content (AvgIpc) is 2.79.